The molecule has 1 rings (SSSR count). The number of hydrogen-bond acceptors (Lipinski definition) is 4. The van der Waals surface area contributed by atoms with Gasteiger partial charge in [0.1, 0.15) is 16.4 Å². The summed E-state index contributed by atoms with van der Waals surface area (Å²) in [7, 11) is -0.439. The third-order valence-corrected chi connectivity index (χ3v) is 5.27. The normalized spacial score (nSPS) is 12.3. The summed E-state index contributed by atoms with van der Waals surface area (Å²) in [6.07, 6.45) is 0.637. The molecular formula is C12H20ClNO4S. The molecule has 1 aromatic heterocycles. The summed E-state index contributed by atoms with van der Waals surface area (Å²) in [6.45, 7) is 4.26. The Kier molecular flexibility index (Phi) is 5.85. The molecule has 0 atom stereocenters. The fourth-order valence-electron chi connectivity index (χ4n) is 1.91. The molecule has 1 heterocycles. The minimum atomic E-state index is -3.57. The zero-order valence-corrected chi connectivity index (χ0v) is 13.3. The van der Waals surface area contributed by atoms with E-state index >= 15 is 0 Å². The van der Waals surface area contributed by atoms with Crippen molar-refractivity contribution in [2.24, 2.45) is 0 Å². The SMILES string of the molecule is COCCCN(C)S(=O)(=O)c1c(C)oc(C)c1CCl. The van der Waals surface area contributed by atoms with Crippen molar-refractivity contribution in [2.75, 3.05) is 27.3 Å². The Labute approximate surface area is 119 Å². The zero-order chi connectivity index (χ0) is 14.6. The van der Waals surface area contributed by atoms with Gasteiger partial charge in [0.25, 0.3) is 0 Å². The molecule has 0 spiro atoms. The molecule has 0 bridgehead atoms. The lowest BCUT2D eigenvalue weighted by Gasteiger charge is -2.17. The van der Waals surface area contributed by atoms with E-state index in [1.807, 2.05) is 0 Å². The lowest BCUT2D eigenvalue weighted by Crippen LogP contribution is -2.29. The molecular weight excluding hydrogens is 290 g/mol. The van der Waals surface area contributed by atoms with Crippen LogP contribution in [-0.4, -0.2) is 40.0 Å². The van der Waals surface area contributed by atoms with Gasteiger partial charge in [-0.25, -0.2) is 12.7 Å². The topological polar surface area (TPSA) is 59.8 Å². The summed E-state index contributed by atoms with van der Waals surface area (Å²) in [6, 6.07) is 0. The minimum Gasteiger partial charge on any atom is -0.465 e. The van der Waals surface area contributed by atoms with Gasteiger partial charge in [-0.05, 0) is 20.3 Å². The number of halogens is 1. The summed E-state index contributed by atoms with van der Waals surface area (Å²) in [5.74, 6) is 1.05. The highest BCUT2D eigenvalue weighted by molar-refractivity contribution is 7.89. The smallest absolute Gasteiger partial charge is 0.246 e. The number of nitrogens with zero attached hydrogens (tertiary/aromatic N) is 1. The first kappa shape index (κ1) is 16.5. The number of sulfonamides is 1. The van der Waals surface area contributed by atoms with E-state index in [0.29, 0.717) is 36.7 Å². The molecule has 0 radical (unpaired) electrons. The standard InChI is InChI=1S/C12H20ClNO4S/c1-9-11(8-13)12(10(2)18-9)19(15,16)14(3)6-5-7-17-4/h5-8H2,1-4H3. The molecule has 0 saturated carbocycles. The van der Waals surface area contributed by atoms with Gasteiger partial charge in [0.2, 0.25) is 10.0 Å². The van der Waals surface area contributed by atoms with Crippen molar-refractivity contribution < 1.29 is 17.6 Å². The average Bonchev–Trinajstić information content (AvgIpc) is 2.64. The van der Waals surface area contributed by atoms with Crippen LogP contribution >= 0.6 is 11.6 Å². The number of alkyl halides is 1. The van der Waals surface area contributed by atoms with Gasteiger partial charge >= 0.3 is 0 Å². The molecule has 0 aliphatic carbocycles. The Morgan fingerprint density at radius 3 is 2.47 bits per heavy atom. The van der Waals surface area contributed by atoms with E-state index in [2.05, 4.69) is 0 Å². The fourth-order valence-corrected chi connectivity index (χ4v) is 3.92. The Hall–Kier alpha value is -0.560. The number of methoxy groups -OCH3 is 1. The first-order valence-electron chi connectivity index (χ1n) is 5.96. The Balaban J connectivity index is 3.06. The summed E-state index contributed by atoms with van der Waals surface area (Å²) < 4.78 is 36.6. The number of ether oxygens (including phenoxy) is 1. The molecule has 5 nitrogen and oxygen atoms in total. The molecule has 0 fully saturated rings. The summed E-state index contributed by atoms with van der Waals surface area (Å²) in [5, 5.41) is 0. The maximum atomic E-state index is 12.5. The van der Waals surface area contributed by atoms with Crippen LogP contribution in [0.3, 0.4) is 0 Å². The van der Waals surface area contributed by atoms with Crippen LogP contribution in [0.5, 0.6) is 0 Å². The van der Waals surface area contributed by atoms with Crippen molar-refractivity contribution >= 4 is 21.6 Å². The van der Waals surface area contributed by atoms with Crippen molar-refractivity contribution in [3.05, 3.63) is 17.1 Å². The summed E-state index contributed by atoms with van der Waals surface area (Å²) >= 11 is 5.83. The van der Waals surface area contributed by atoms with Gasteiger partial charge in [-0.3, -0.25) is 0 Å². The molecule has 0 saturated heterocycles. The van der Waals surface area contributed by atoms with Crippen LogP contribution < -0.4 is 0 Å². The van der Waals surface area contributed by atoms with E-state index in [1.165, 1.54) is 4.31 Å². The quantitative estimate of drug-likeness (QED) is 0.573. The first-order chi connectivity index (χ1) is 8.86. The highest BCUT2D eigenvalue weighted by atomic mass is 35.5. The highest BCUT2D eigenvalue weighted by Gasteiger charge is 2.29. The third-order valence-electron chi connectivity index (χ3n) is 2.95. The molecule has 1 aromatic rings. The summed E-state index contributed by atoms with van der Waals surface area (Å²) in [4.78, 5) is 0.194. The Morgan fingerprint density at radius 1 is 1.32 bits per heavy atom. The van der Waals surface area contributed by atoms with E-state index < -0.39 is 10.0 Å². The van der Waals surface area contributed by atoms with E-state index in [-0.39, 0.29) is 10.8 Å². The Bertz CT molecular complexity index is 524. The van der Waals surface area contributed by atoms with E-state index in [1.54, 1.807) is 28.0 Å². The third kappa shape index (κ3) is 3.51. The van der Waals surface area contributed by atoms with Gasteiger partial charge in [0.15, 0.2) is 0 Å². The molecule has 0 aliphatic heterocycles. The second-order valence-electron chi connectivity index (χ2n) is 4.33. The van der Waals surface area contributed by atoms with Crippen LogP contribution in [0.25, 0.3) is 0 Å². The predicted octanol–water partition coefficient (Wildman–Crippen LogP) is 2.29. The van der Waals surface area contributed by atoms with Gasteiger partial charge in [0.05, 0.1) is 5.88 Å². The minimum absolute atomic E-state index is 0.115. The largest absolute Gasteiger partial charge is 0.465 e. The van der Waals surface area contributed by atoms with E-state index in [0.717, 1.165) is 0 Å². The average molecular weight is 310 g/mol. The van der Waals surface area contributed by atoms with Crippen LogP contribution in [0.2, 0.25) is 0 Å². The zero-order valence-electron chi connectivity index (χ0n) is 11.7. The van der Waals surface area contributed by atoms with Crippen LogP contribution in [0.4, 0.5) is 0 Å². The van der Waals surface area contributed by atoms with Crippen molar-refractivity contribution in [1.29, 1.82) is 0 Å². The predicted molar refractivity (Wildman–Crippen MR) is 74.0 cm³/mol. The maximum absolute atomic E-state index is 12.5. The molecule has 7 heteroatoms. The maximum Gasteiger partial charge on any atom is 0.246 e. The van der Waals surface area contributed by atoms with Crippen molar-refractivity contribution in [3.63, 3.8) is 0 Å². The van der Waals surface area contributed by atoms with Crippen LogP contribution in [-0.2, 0) is 20.6 Å². The van der Waals surface area contributed by atoms with E-state index in [4.69, 9.17) is 20.8 Å². The molecule has 0 aromatic carbocycles. The molecule has 0 aliphatic rings. The Morgan fingerprint density at radius 2 is 1.95 bits per heavy atom. The van der Waals surface area contributed by atoms with Gasteiger partial charge in [0, 0.05) is 32.9 Å². The number of hydrogen-bond donors (Lipinski definition) is 0. The monoisotopic (exact) mass is 309 g/mol. The van der Waals surface area contributed by atoms with Crippen LogP contribution in [0.1, 0.15) is 23.5 Å². The lowest BCUT2D eigenvalue weighted by molar-refractivity contribution is 0.189. The fraction of sp³-hybridized carbons (Fsp3) is 0.667. The second kappa shape index (κ2) is 6.74. The molecule has 0 amide bonds. The van der Waals surface area contributed by atoms with Crippen molar-refractivity contribution in [2.45, 2.75) is 31.0 Å². The summed E-state index contributed by atoms with van der Waals surface area (Å²) in [5.41, 5.74) is 0.540. The van der Waals surface area contributed by atoms with E-state index in [9.17, 15) is 8.42 Å². The highest BCUT2D eigenvalue weighted by Crippen LogP contribution is 2.29. The van der Waals surface area contributed by atoms with Crippen molar-refractivity contribution in [1.82, 2.24) is 4.31 Å². The molecule has 110 valence electrons. The molecule has 0 N–H and O–H groups in total. The van der Waals surface area contributed by atoms with Gasteiger partial charge < -0.3 is 9.15 Å². The van der Waals surface area contributed by atoms with Gasteiger partial charge in [-0.2, -0.15) is 0 Å². The second-order valence-corrected chi connectivity index (χ2v) is 6.58. The number of aryl methyl sites for hydroxylation is 2. The lowest BCUT2D eigenvalue weighted by atomic mass is 10.3. The molecule has 19 heavy (non-hydrogen) atoms. The number of furan rings is 1. The molecule has 0 unspecified atom stereocenters. The number of rotatable bonds is 7. The van der Waals surface area contributed by atoms with Crippen LogP contribution in [0.15, 0.2) is 9.31 Å². The van der Waals surface area contributed by atoms with Crippen LogP contribution in [0, 0.1) is 13.8 Å². The first-order valence-corrected chi connectivity index (χ1v) is 7.93. The van der Waals surface area contributed by atoms with Gasteiger partial charge in [-0.1, -0.05) is 0 Å². The van der Waals surface area contributed by atoms with Gasteiger partial charge in [-0.15, -0.1) is 11.6 Å². The van der Waals surface area contributed by atoms with Crippen molar-refractivity contribution in [3.8, 4) is 0 Å².